The van der Waals surface area contributed by atoms with E-state index in [2.05, 4.69) is 9.97 Å². The highest BCUT2D eigenvalue weighted by atomic mass is 16.4. The van der Waals surface area contributed by atoms with Crippen molar-refractivity contribution in [2.24, 2.45) is 0 Å². The fraction of sp³-hybridized carbons (Fsp3) is 0.267. The maximum Gasteiger partial charge on any atom is 0.337 e. The lowest BCUT2D eigenvalue weighted by Crippen LogP contribution is -2.08. The molecule has 0 aliphatic rings. The Balaban J connectivity index is 2.20. The van der Waals surface area contributed by atoms with Crippen molar-refractivity contribution in [1.29, 1.82) is 0 Å². The van der Waals surface area contributed by atoms with Crippen molar-refractivity contribution in [2.75, 3.05) is 0 Å². The van der Waals surface area contributed by atoms with Gasteiger partial charge in [-0.25, -0.2) is 14.8 Å². The number of aromatic carboxylic acids is 1. The number of hydrogen-bond acceptors (Lipinski definition) is 4. The highest BCUT2D eigenvalue weighted by Crippen LogP contribution is 2.22. The molecular formula is C15H15N3O3. The molecule has 1 N–H and O–H groups in total. The van der Waals surface area contributed by atoms with Gasteiger partial charge in [0.25, 0.3) is 0 Å². The van der Waals surface area contributed by atoms with Crippen LogP contribution >= 0.6 is 0 Å². The second-order valence-corrected chi connectivity index (χ2v) is 4.81. The monoisotopic (exact) mass is 285 g/mol. The van der Waals surface area contributed by atoms with Crippen LogP contribution < -0.4 is 0 Å². The van der Waals surface area contributed by atoms with Gasteiger partial charge in [-0.1, -0.05) is 13.0 Å². The number of oxazole rings is 1. The van der Waals surface area contributed by atoms with E-state index >= 15 is 0 Å². The molecule has 0 amide bonds. The average Bonchev–Trinajstić information content (AvgIpc) is 3.03. The third-order valence-electron chi connectivity index (χ3n) is 3.35. The minimum absolute atomic E-state index is 0.239. The Labute approximate surface area is 121 Å². The Morgan fingerprint density at radius 3 is 2.86 bits per heavy atom. The van der Waals surface area contributed by atoms with Crippen molar-refractivity contribution in [3.63, 3.8) is 0 Å². The van der Waals surface area contributed by atoms with E-state index in [0.29, 0.717) is 29.9 Å². The SMILES string of the molecule is CCc1nc2cccc(C(=O)O)c2n1Cc1ncc(C)o1. The van der Waals surface area contributed by atoms with Crippen molar-refractivity contribution in [3.05, 3.63) is 47.4 Å². The molecule has 6 heteroatoms. The summed E-state index contributed by atoms with van der Waals surface area (Å²) < 4.78 is 7.36. The highest BCUT2D eigenvalue weighted by Gasteiger charge is 2.18. The number of carbonyl (C=O) groups is 1. The van der Waals surface area contributed by atoms with Crippen molar-refractivity contribution in [1.82, 2.24) is 14.5 Å². The fourth-order valence-corrected chi connectivity index (χ4v) is 2.46. The molecule has 21 heavy (non-hydrogen) atoms. The standard InChI is InChI=1S/C15H15N3O3/c1-3-12-17-11-6-4-5-10(15(19)20)14(11)18(12)8-13-16-7-9(2)21-13/h4-7H,3,8H2,1-2H3,(H,19,20). The number of imidazole rings is 1. The lowest BCUT2D eigenvalue weighted by molar-refractivity contribution is 0.0698. The van der Waals surface area contributed by atoms with Crippen LogP contribution in [0.3, 0.4) is 0 Å². The minimum Gasteiger partial charge on any atom is -0.478 e. The molecule has 3 aromatic rings. The van der Waals surface area contributed by atoms with Gasteiger partial charge in [-0.3, -0.25) is 0 Å². The molecule has 0 aliphatic carbocycles. The number of fused-ring (bicyclic) bond motifs is 1. The van der Waals surface area contributed by atoms with E-state index in [4.69, 9.17) is 4.42 Å². The van der Waals surface area contributed by atoms with Crippen molar-refractivity contribution >= 4 is 17.0 Å². The normalized spacial score (nSPS) is 11.1. The molecule has 2 heterocycles. The number of benzene rings is 1. The summed E-state index contributed by atoms with van der Waals surface area (Å²) in [6.45, 7) is 4.18. The summed E-state index contributed by atoms with van der Waals surface area (Å²) in [4.78, 5) is 20.1. The second kappa shape index (κ2) is 5.05. The van der Waals surface area contributed by atoms with Gasteiger partial charge in [0.05, 0.1) is 22.8 Å². The first kappa shape index (κ1) is 13.4. The summed E-state index contributed by atoms with van der Waals surface area (Å²) in [7, 11) is 0. The van der Waals surface area contributed by atoms with Crippen LogP contribution in [0.25, 0.3) is 11.0 Å². The molecule has 0 aliphatic heterocycles. The Morgan fingerprint density at radius 1 is 1.43 bits per heavy atom. The van der Waals surface area contributed by atoms with E-state index in [9.17, 15) is 9.90 Å². The Hall–Kier alpha value is -2.63. The Kier molecular flexibility index (Phi) is 3.21. The van der Waals surface area contributed by atoms with Crippen LogP contribution in [0.1, 0.15) is 34.8 Å². The zero-order chi connectivity index (χ0) is 15.0. The highest BCUT2D eigenvalue weighted by molar-refractivity contribution is 6.01. The van der Waals surface area contributed by atoms with Crippen LogP contribution in [0.15, 0.2) is 28.8 Å². The third-order valence-corrected chi connectivity index (χ3v) is 3.35. The quantitative estimate of drug-likeness (QED) is 0.797. The number of para-hydroxylation sites is 1. The number of carboxylic acids is 1. The third kappa shape index (κ3) is 2.29. The smallest absolute Gasteiger partial charge is 0.337 e. The fourth-order valence-electron chi connectivity index (χ4n) is 2.46. The second-order valence-electron chi connectivity index (χ2n) is 4.81. The first-order chi connectivity index (χ1) is 10.1. The van der Waals surface area contributed by atoms with E-state index in [0.717, 1.165) is 11.6 Å². The molecule has 0 atom stereocenters. The summed E-state index contributed by atoms with van der Waals surface area (Å²) in [5.41, 5.74) is 1.52. The molecule has 3 rings (SSSR count). The van der Waals surface area contributed by atoms with Gasteiger partial charge in [0.1, 0.15) is 18.1 Å². The predicted molar refractivity (Wildman–Crippen MR) is 76.4 cm³/mol. The Morgan fingerprint density at radius 2 is 2.24 bits per heavy atom. The van der Waals surface area contributed by atoms with Gasteiger partial charge in [0, 0.05) is 6.42 Å². The molecule has 0 bridgehead atoms. The molecule has 6 nitrogen and oxygen atoms in total. The molecule has 0 unspecified atom stereocenters. The number of aromatic nitrogens is 3. The summed E-state index contributed by atoms with van der Waals surface area (Å²) in [6, 6.07) is 5.11. The van der Waals surface area contributed by atoms with E-state index in [-0.39, 0.29) is 5.56 Å². The first-order valence-corrected chi connectivity index (χ1v) is 6.73. The molecule has 0 saturated carbocycles. The number of carboxylic acid groups (broad SMARTS) is 1. The lowest BCUT2D eigenvalue weighted by atomic mass is 10.2. The van der Waals surface area contributed by atoms with Crippen LogP contribution in [-0.2, 0) is 13.0 Å². The van der Waals surface area contributed by atoms with Crippen molar-refractivity contribution in [3.8, 4) is 0 Å². The van der Waals surface area contributed by atoms with Crippen LogP contribution in [0.5, 0.6) is 0 Å². The summed E-state index contributed by atoms with van der Waals surface area (Å²) in [5.74, 6) is 1.12. The van der Waals surface area contributed by atoms with Crippen LogP contribution in [0, 0.1) is 6.92 Å². The van der Waals surface area contributed by atoms with Gasteiger partial charge < -0.3 is 14.1 Å². The largest absolute Gasteiger partial charge is 0.478 e. The lowest BCUT2D eigenvalue weighted by Gasteiger charge is -2.07. The molecule has 0 radical (unpaired) electrons. The number of rotatable bonds is 4. The minimum atomic E-state index is -0.965. The van der Waals surface area contributed by atoms with E-state index in [1.807, 2.05) is 24.5 Å². The summed E-state index contributed by atoms with van der Waals surface area (Å²) in [6.07, 6.45) is 2.35. The molecule has 1 aromatic carbocycles. The van der Waals surface area contributed by atoms with Gasteiger partial charge in [0.15, 0.2) is 0 Å². The van der Waals surface area contributed by atoms with Gasteiger partial charge in [-0.15, -0.1) is 0 Å². The molecule has 0 spiro atoms. The predicted octanol–water partition coefficient (Wildman–Crippen LogP) is 2.64. The van der Waals surface area contributed by atoms with Crippen LogP contribution in [0.2, 0.25) is 0 Å². The summed E-state index contributed by atoms with van der Waals surface area (Å²) >= 11 is 0. The number of nitrogens with zero attached hydrogens (tertiary/aromatic N) is 3. The maximum absolute atomic E-state index is 11.4. The van der Waals surface area contributed by atoms with Crippen LogP contribution in [0.4, 0.5) is 0 Å². The number of aryl methyl sites for hydroxylation is 2. The van der Waals surface area contributed by atoms with E-state index < -0.39 is 5.97 Å². The van der Waals surface area contributed by atoms with E-state index in [1.165, 1.54) is 0 Å². The van der Waals surface area contributed by atoms with Crippen molar-refractivity contribution in [2.45, 2.75) is 26.8 Å². The van der Waals surface area contributed by atoms with Crippen LogP contribution in [-0.4, -0.2) is 25.6 Å². The maximum atomic E-state index is 11.4. The first-order valence-electron chi connectivity index (χ1n) is 6.73. The van der Waals surface area contributed by atoms with E-state index in [1.54, 1.807) is 18.3 Å². The Bertz CT molecular complexity index is 817. The molecule has 2 aromatic heterocycles. The van der Waals surface area contributed by atoms with Gasteiger partial charge in [-0.05, 0) is 19.1 Å². The zero-order valence-electron chi connectivity index (χ0n) is 11.8. The van der Waals surface area contributed by atoms with Gasteiger partial charge in [-0.2, -0.15) is 0 Å². The molecule has 0 saturated heterocycles. The average molecular weight is 285 g/mol. The van der Waals surface area contributed by atoms with Gasteiger partial charge >= 0.3 is 5.97 Å². The van der Waals surface area contributed by atoms with Gasteiger partial charge in [0.2, 0.25) is 5.89 Å². The zero-order valence-corrected chi connectivity index (χ0v) is 11.8. The number of hydrogen-bond donors (Lipinski definition) is 1. The summed E-state index contributed by atoms with van der Waals surface area (Å²) in [5, 5.41) is 9.38. The molecule has 0 fully saturated rings. The van der Waals surface area contributed by atoms with Crippen molar-refractivity contribution < 1.29 is 14.3 Å². The topological polar surface area (TPSA) is 81.1 Å². The molecular weight excluding hydrogens is 270 g/mol. The molecule has 108 valence electrons.